The molecule has 3 aromatic heterocycles. The van der Waals surface area contributed by atoms with E-state index >= 15 is 0 Å². The Morgan fingerprint density at radius 2 is 2.00 bits per heavy atom. The Labute approximate surface area is 156 Å². The molecule has 27 heavy (non-hydrogen) atoms. The predicted octanol–water partition coefficient (Wildman–Crippen LogP) is 2.63. The van der Waals surface area contributed by atoms with E-state index in [2.05, 4.69) is 26.2 Å². The highest BCUT2D eigenvalue weighted by molar-refractivity contribution is 5.55. The molecule has 1 fully saturated rings. The molecule has 4 heterocycles. The summed E-state index contributed by atoms with van der Waals surface area (Å²) in [6.07, 6.45) is 1.55. The van der Waals surface area contributed by atoms with Gasteiger partial charge >= 0.3 is 0 Å². The summed E-state index contributed by atoms with van der Waals surface area (Å²) < 4.78 is 16.8. The standard InChI is InChI=1S/C18H20N6O3/c1-12(2)16-22-21-15(26-16)11-23-5-7-24(8-6-23)18-13(10-19)20-17(27-18)14-4-3-9-25-14/h3-4,9,12H,5-8,11H2,1-2H3. The van der Waals surface area contributed by atoms with Crippen molar-refractivity contribution in [3.63, 3.8) is 0 Å². The fourth-order valence-electron chi connectivity index (χ4n) is 2.97. The molecule has 0 atom stereocenters. The Kier molecular flexibility index (Phi) is 4.64. The van der Waals surface area contributed by atoms with Crippen molar-refractivity contribution in [2.24, 2.45) is 0 Å². The fraction of sp³-hybridized carbons (Fsp3) is 0.444. The number of nitriles is 1. The van der Waals surface area contributed by atoms with Crippen LogP contribution in [-0.2, 0) is 6.54 Å². The zero-order valence-electron chi connectivity index (χ0n) is 15.3. The van der Waals surface area contributed by atoms with Crippen molar-refractivity contribution >= 4 is 5.88 Å². The number of anilines is 1. The van der Waals surface area contributed by atoms with Gasteiger partial charge in [0.15, 0.2) is 5.76 Å². The van der Waals surface area contributed by atoms with Gasteiger partial charge in [0.05, 0.1) is 12.8 Å². The molecule has 0 bridgehead atoms. The summed E-state index contributed by atoms with van der Waals surface area (Å²) in [4.78, 5) is 8.51. The number of furan rings is 1. The SMILES string of the molecule is CC(C)c1nnc(CN2CCN(c3oc(-c4ccco4)nc3C#N)CC2)o1. The van der Waals surface area contributed by atoms with E-state index in [4.69, 9.17) is 13.3 Å². The summed E-state index contributed by atoms with van der Waals surface area (Å²) in [7, 11) is 0. The van der Waals surface area contributed by atoms with Gasteiger partial charge in [-0.15, -0.1) is 10.2 Å². The smallest absolute Gasteiger partial charge is 0.266 e. The Hall–Kier alpha value is -3.12. The molecule has 0 N–H and O–H groups in total. The van der Waals surface area contributed by atoms with Crippen molar-refractivity contribution in [3.05, 3.63) is 35.9 Å². The molecule has 1 aliphatic rings. The molecule has 9 heteroatoms. The molecular formula is C18H20N6O3. The first-order valence-electron chi connectivity index (χ1n) is 8.88. The molecular weight excluding hydrogens is 348 g/mol. The first kappa shape index (κ1) is 17.3. The maximum Gasteiger partial charge on any atom is 0.266 e. The molecule has 140 valence electrons. The molecule has 4 rings (SSSR count). The van der Waals surface area contributed by atoms with E-state index in [1.807, 2.05) is 18.7 Å². The average molecular weight is 368 g/mol. The molecule has 3 aromatic rings. The summed E-state index contributed by atoms with van der Waals surface area (Å²) in [5.41, 5.74) is 0.272. The van der Waals surface area contributed by atoms with Crippen molar-refractivity contribution in [1.82, 2.24) is 20.1 Å². The van der Waals surface area contributed by atoms with Gasteiger partial charge in [0.2, 0.25) is 23.4 Å². The minimum Gasteiger partial charge on any atom is -0.459 e. The van der Waals surface area contributed by atoms with Crippen molar-refractivity contribution in [1.29, 1.82) is 5.26 Å². The molecule has 0 radical (unpaired) electrons. The van der Waals surface area contributed by atoms with Crippen LogP contribution in [0.3, 0.4) is 0 Å². The number of nitrogens with zero attached hydrogens (tertiary/aromatic N) is 6. The second kappa shape index (κ2) is 7.25. The zero-order chi connectivity index (χ0) is 18.8. The number of oxazole rings is 1. The Morgan fingerprint density at radius 3 is 2.63 bits per heavy atom. The molecule has 1 aliphatic heterocycles. The minimum atomic E-state index is 0.224. The average Bonchev–Trinajstić information content (AvgIpc) is 3.42. The van der Waals surface area contributed by atoms with Gasteiger partial charge in [-0.25, -0.2) is 0 Å². The molecule has 9 nitrogen and oxygen atoms in total. The predicted molar refractivity (Wildman–Crippen MR) is 94.8 cm³/mol. The van der Waals surface area contributed by atoms with Gasteiger partial charge in [-0.3, -0.25) is 4.90 Å². The summed E-state index contributed by atoms with van der Waals surface area (Å²) >= 11 is 0. The summed E-state index contributed by atoms with van der Waals surface area (Å²) in [5.74, 6) is 2.83. The van der Waals surface area contributed by atoms with Crippen LogP contribution >= 0.6 is 0 Å². The Balaban J connectivity index is 1.41. The molecule has 0 unspecified atom stereocenters. The van der Waals surface area contributed by atoms with Crippen LogP contribution in [-0.4, -0.2) is 46.3 Å². The molecule has 0 spiro atoms. The van der Waals surface area contributed by atoms with Crippen LogP contribution < -0.4 is 4.90 Å². The zero-order valence-corrected chi connectivity index (χ0v) is 15.3. The van der Waals surface area contributed by atoms with Gasteiger partial charge in [0.1, 0.15) is 6.07 Å². The van der Waals surface area contributed by atoms with E-state index in [0.717, 1.165) is 13.1 Å². The Bertz CT molecular complexity index is 929. The lowest BCUT2D eigenvalue weighted by molar-refractivity contribution is 0.220. The quantitative estimate of drug-likeness (QED) is 0.671. The normalized spacial score (nSPS) is 15.4. The largest absolute Gasteiger partial charge is 0.459 e. The summed E-state index contributed by atoms with van der Waals surface area (Å²) in [5, 5.41) is 17.6. The van der Waals surface area contributed by atoms with E-state index in [9.17, 15) is 5.26 Å². The van der Waals surface area contributed by atoms with Crippen molar-refractivity contribution in [2.75, 3.05) is 31.1 Å². The first-order valence-corrected chi connectivity index (χ1v) is 8.88. The number of rotatable bonds is 5. The van der Waals surface area contributed by atoms with E-state index in [0.29, 0.717) is 49.0 Å². The lowest BCUT2D eigenvalue weighted by Gasteiger charge is -2.33. The van der Waals surface area contributed by atoms with Gasteiger partial charge in [-0.2, -0.15) is 10.2 Å². The van der Waals surface area contributed by atoms with Crippen LogP contribution in [0.2, 0.25) is 0 Å². The lowest BCUT2D eigenvalue weighted by Crippen LogP contribution is -2.46. The van der Waals surface area contributed by atoms with Gasteiger partial charge in [0, 0.05) is 32.1 Å². The monoisotopic (exact) mass is 368 g/mol. The third-order valence-electron chi connectivity index (χ3n) is 4.44. The third-order valence-corrected chi connectivity index (χ3v) is 4.44. The fourth-order valence-corrected chi connectivity index (χ4v) is 2.97. The topological polar surface area (TPSA) is 108 Å². The Morgan fingerprint density at radius 1 is 1.19 bits per heavy atom. The highest BCUT2D eigenvalue weighted by Gasteiger charge is 2.26. The van der Waals surface area contributed by atoms with Gasteiger partial charge in [-0.1, -0.05) is 13.8 Å². The van der Waals surface area contributed by atoms with Crippen molar-refractivity contribution in [3.8, 4) is 17.7 Å². The number of hydrogen-bond acceptors (Lipinski definition) is 9. The molecule has 0 aliphatic carbocycles. The van der Waals surface area contributed by atoms with Crippen LogP contribution in [0, 0.1) is 11.3 Å². The maximum atomic E-state index is 9.39. The van der Waals surface area contributed by atoms with E-state index < -0.39 is 0 Å². The molecule has 1 saturated heterocycles. The highest BCUT2D eigenvalue weighted by Crippen LogP contribution is 2.29. The number of aromatic nitrogens is 3. The summed E-state index contributed by atoms with van der Waals surface area (Å²) in [6, 6.07) is 5.62. The second-order valence-corrected chi connectivity index (χ2v) is 6.71. The van der Waals surface area contributed by atoms with Crippen LogP contribution in [0.1, 0.15) is 37.2 Å². The minimum absolute atomic E-state index is 0.224. The van der Waals surface area contributed by atoms with E-state index in [1.54, 1.807) is 18.4 Å². The van der Waals surface area contributed by atoms with E-state index in [-0.39, 0.29) is 11.6 Å². The highest BCUT2D eigenvalue weighted by atomic mass is 16.4. The molecule has 0 amide bonds. The van der Waals surface area contributed by atoms with E-state index in [1.165, 1.54) is 0 Å². The van der Waals surface area contributed by atoms with Crippen LogP contribution in [0.25, 0.3) is 11.7 Å². The van der Waals surface area contributed by atoms with Gasteiger partial charge in [0.25, 0.3) is 5.89 Å². The number of hydrogen-bond donors (Lipinski definition) is 0. The van der Waals surface area contributed by atoms with Crippen LogP contribution in [0.4, 0.5) is 5.88 Å². The van der Waals surface area contributed by atoms with Gasteiger partial charge < -0.3 is 18.2 Å². The molecule has 0 saturated carbocycles. The maximum absolute atomic E-state index is 9.39. The molecule has 0 aromatic carbocycles. The van der Waals surface area contributed by atoms with Crippen LogP contribution in [0.15, 0.2) is 31.6 Å². The number of piperazine rings is 1. The summed E-state index contributed by atoms with van der Waals surface area (Å²) in [6.45, 7) is 7.68. The van der Waals surface area contributed by atoms with Crippen molar-refractivity contribution in [2.45, 2.75) is 26.3 Å². The van der Waals surface area contributed by atoms with Crippen LogP contribution in [0.5, 0.6) is 0 Å². The second-order valence-electron chi connectivity index (χ2n) is 6.71. The lowest BCUT2D eigenvalue weighted by atomic mass is 10.2. The third kappa shape index (κ3) is 3.57. The van der Waals surface area contributed by atoms with Crippen molar-refractivity contribution < 1.29 is 13.3 Å². The van der Waals surface area contributed by atoms with Gasteiger partial charge in [-0.05, 0) is 12.1 Å². The first-order chi connectivity index (χ1) is 13.1.